The lowest BCUT2D eigenvalue weighted by Gasteiger charge is -2.34. The van der Waals surface area contributed by atoms with Gasteiger partial charge in [-0.05, 0) is 6.07 Å². The topological polar surface area (TPSA) is 112 Å². The van der Waals surface area contributed by atoms with Gasteiger partial charge in [0, 0.05) is 23.6 Å². The first kappa shape index (κ1) is 24.3. The average Bonchev–Trinajstić information content (AvgIpc) is 2.96. The maximum atomic E-state index is 14.9. The van der Waals surface area contributed by atoms with Crippen LogP contribution in [0.3, 0.4) is 0 Å². The Morgan fingerprint density at radius 3 is 2.76 bits per heavy atom. The summed E-state index contributed by atoms with van der Waals surface area (Å²) in [6, 6.07) is 6.51. The van der Waals surface area contributed by atoms with Crippen molar-refractivity contribution in [3.8, 4) is 5.75 Å². The number of nitrogens with one attached hydrogen (secondary N) is 1. The number of benzene rings is 1. The molecule has 3 heterocycles. The zero-order valence-electron chi connectivity index (χ0n) is 16.1. The van der Waals surface area contributed by atoms with Crippen molar-refractivity contribution < 1.29 is 41.0 Å². The fourth-order valence-electron chi connectivity index (χ4n) is 3.29. The van der Waals surface area contributed by atoms with Gasteiger partial charge in [-0.1, -0.05) is 29.8 Å². The number of alkyl halides is 4. The number of nitrogens with zero attached hydrogens (tertiary/aromatic N) is 1. The standard InChI is InChI=1S/C17H14ClF4N2O7PS/c18-9-5-24(15(27)23-11(9)25)14-17(21,22)12(26)16(30-14,13(19)20)7-29-32(33)28-6-8-3-1-2-4-10(8)31-32/h1-5,12-14,26H,6-7H2,(H,23,25,27)/t12-,14-,16-,32?/m1/s1. The monoisotopic (exact) mass is 532 g/mol. The highest BCUT2D eigenvalue weighted by Gasteiger charge is 2.71. The molecule has 2 aliphatic heterocycles. The Bertz CT molecular complexity index is 1240. The van der Waals surface area contributed by atoms with Crippen molar-refractivity contribution >= 4 is 30.1 Å². The number of ether oxygens (including phenoxy) is 1. The third-order valence-corrected chi connectivity index (χ3v) is 7.48. The second kappa shape index (κ2) is 8.45. The molecular weight excluding hydrogens is 519 g/mol. The number of H-pyrrole nitrogens is 1. The molecule has 0 bridgehead atoms. The van der Waals surface area contributed by atoms with E-state index in [0.29, 0.717) is 11.8 Å². The molecule has 9 nitrogen and oxygen atoms in total. The van der Waals surface area contributed by atoms with Gasteiger partial charge >= 0.3 is 18.3 Å². The molecule has 33 heavy (non-hydrogen) atoms. The highest BCUT2D eigenvalue weighted by Crippen LogP contribution is 2.57. The smallest absolute Gasteiger partial charge is 0.381 e. The lowest BCUT2D eigenvalue weighted by atomic mass is 9.96. The highest BCUT2D eigenvalue weighted by atomic mass is 35.5. The molecule has 2 aromatic rings. The first-order chi connectivity index (χ1) is 15.4. The van der Waals surface area contributed by atoms with E-state index >= 15 is 0 Å². The average molecular weight is 533 g/mol. The van der Waals surface area contributed by atoms with Gasteiger partial charge < -0.3 is 14.4 Å². The van der Waals surface area contributed by atoms with E-state index in [2.05, 4.69) is 0 Å². The summed E-state index contributed by atoms with van der Waals surface area (Å²) in [6.45, 7) is -5.18. The van der Waals surface area contributed by atoms with Gasteiger partial charge in [0.25, 0.3) is 12.0 Å². The summed E-state index contributed by atoms with van der Waals surface area (Å²) in [6.07, 6.45) is -9.13. The molecule has 180 valence electrons. The number of para-hydroxylation sites is 1. The summed E-state index contributed by atoms with van der Waals surface area (Å²) >= 11 is 10.7. The molecule has 0 aliphatic carbocycles. The van der Waals surface area contributed by atoms with Gasteiger partial charge in [0.15, 0.2) is 11.7 Å². The van der Waals surface area contributed by atoms with Gasteiger partial charge in [-0.15, -0.1) is 0 Å². The minimum atomic E-state index is -4.43. The van der Waals surface area contributed by atoms with Gasteiger partial charge in [-0.2, -0.15) is 8.78 Å². The third-order valence-electron chi connectivity index (χ3n) is 5.04. The summed E-state index contributed by atoms with van der Waals surface area (Å²) < 4.78 is 78.8. The SMILES string of the molecule is O=c1[nH]c(=O)n([C@@H]2O[C@@](COP3(=S)OCc4ccccc4O3)(C(F)F)[C@@H](O)C2(F)F)cc1Cl. The van der Waals surface area contributed by atoms with Crippen LogP contribution in [-0.2, 0) is 32.2 Å². The molecule has 1 saturated heterocycles. The third kappa shape index (κ3) is 4.14. The van der Waals surface area contributed by atoms with Crippen molar-refractivity contribution in [2.45, 2.75) is 36.9 Å². The lowest BCUT2D eigenvalue weighted by molar-refractivity contribution is -0.193. The second-order valence-electron chi connectivity index (χ2n) is 7.14. The summed E-state index contributed by atoms with van der Waals surface area (Å²) in [4.78, 5) is 25.1. The van der Waals surface area contributed by atoms with Gasteiger partial charge in [0.05, 0.1) is 13.2 Å². The molecule has 4 atom stereocenters. The van der Waals surface area contributed by atoms with Crippen molar-refractivity contribution in [3.05, 3.63) is 61.9 Å². The van der Waals surface area contributed by atoms with Gasteiger partial charge in [-0.3, -0.25) is 23.4 Å². The minimum absolute atomic E-state index is 0.0808. The van der Waals surface area contributed by atoms with Crippen LogP contribution >= 0.6 is 18.3 Å². The Morgan fingerprint density at radius 1 is 1.36 bits per heavy atom. The van der Waals surface area contributed by atoms with Crippen LogP contribution in [0.15, 0.2) is 40.1 Å². The van der Waals surface area contributed by atoms with Gasteiger partial charge in [-0.25, -0.2) is 13.6 Å². The number of fused-ring (bicyclic) bond motifs is 1. The molecular formula is C17H14ClF4N2O7PS. The molecule has 2 aliphatic rings. The van der Waals surface area contributed by atoms with E-state index in [0.717, 1.165) is 0 Å². The molecule has 1 fully saturated rings. The van der Waals surface area contributed by atoms with Gasteiger partial charge in [0.2, 0.25) is 6.23 Å². The van der Waals surface area contributed by atoms with E-state index in [-0.39, 0.29) is 16.9 Å². The molecule has 2 N–H and O–H groups in total. The van der Waals surface area contributed by atoms with Crippen LogP contribution in [0.4, 0.5) is 17.6 Å². The fraction of sp³-hybridized carbons (Fsp3) is 0.412. The molecule has 0 saturated carbocycles. The summed E-state index contributed by atoms with van der Waals surface area (Å²) in [7, 11) is 0. The lowest BCUT2D eigenvalue weighted by Crippen LogP contribution is -2.54. The number of aliphatic hydroxyl groups excluding tert-OH is 1. The van der Waals surface area contributed by atoms with Crippen LogP contribution in [0.2, 0.25) is 5.02 Å². The maximum Gasteiger partial charge on any atom is 0.381 e. The Kier molecular flexibility index (Phi) is 6.23. The summed E-state index contributed by atoms with van der Waals surface area (Å²) in [5, 5.41) is 9.51. The fourth-order valence-corrected chi connectivity index (χ4v) is 5.25. The number of aliphatic hydroxyl groups is 1. The minimum Gasteiger partial charge on any atom is -0.424 e. The molecule has 16 heteroatoms. The first-order valence-electron chi connectivity index (χ1n) is 9.09. The quantitative estimate of drug-likeness (QED) is 0.446. The summed E-state index contributed by atoms with van der Waals surface area (Å²) in [5.74, 6) is -4.16. The molecule has 0 radical (unpaired) electrons. The number of hydrogen-bond donors (Lipinski definition) is 2. The molecule has 4 rings (SSSR count). The predicted octanol–water partition coefficient (Wildman–Crippen LogP) is 2.57. The van der Waals surface area contributed by atoms with Crippen LogP contribution in [-0.4, -0.2) is 45.3 Å². The Balaban J connectivity index is 1.65. The van der Waals surface area contributed by atoms with Crippen molar-refractivity contribution in [1.29, 1.82) is 0 Å². The van der Waals surface area contributed by atoms with E-state index in [1.54, 1.807) is 23.2 Å². The normalized spacial score (nSPS) is 30.8. The Labute approximate surface area is 192 Å². The molecule has 0 spiro atoms. The molecule has 1 unspecified atom stereocenters. The van der Waals surface area contributed by atoms with Crippen molar-refractivity contribution in [2.24, 2.45) is 0 Å². The van der Waals surface area contributed by atoms with Crippen LogP contribution in [0.1, 0.15) is 11.8 Å². The molecule has 1 aromatic carbocycles. The number of halogens is 5. The van der Waals surface area contributed by atoms with Gasteiger partial charge in [0.1, 0.15) is 10.8 Å². The van der Waals surface area contributed by atoms with Crippen LogP contribution in [0.25, 0.3) is 0 Å². The van der Waals surface area contributed by atoms with E-state index < -0.39 is 59.9 Å². The Hall–Kier alpha value is -1.80. The van der Waals surface area contributed by atoms with E-state index in [4.69, 9.17) is 41.7 Å². The zero-order chi connectivity index (χ0) is 24.2. The van der Waals surface area contributed by atoms with Crippen molar-refractivity contribution in [3.63, 3.8) is 0 Å². The van der Waals surface area contributed by atoms with Crippen LogP contribution in [0.5, 0.6) is 5.75 Å². The van der Waals surface area contributed by atoms with E-state index in [9.17, 15) is 32.3 Å². The predicted molar refractivity (Wildman–Crippen MR) is 108 cm³/mol. The largest absolute Gasteiger partial charge is 0.424 e. The number of hydrogen-bond acceptors (Lipinski definition) is 8. The number of aromatic amines is 1. The summed E-state index contributed by atoms with van der Waals surface area (Å²) in [5.41, 5.74) is -5.24. The number of rotatable bonds is 5. The second-order valence-corrected chi connectivity index (χ2v) is 10.5. The van der Waals surface area contributed by atoms with Crippen LogP contribution in [0, 0.1) is 0 Å². The highest BCUT2D eigenvalue weighted by molar-refractivity contribution is 8.07. The number of aromatic nitrogens is 2. The maximum absolute atomic E-state index is 14.9. The first-order valence-corrected chi connectivity index (χ1v) is 12.0. The Morgan fingerprint density at radius 2 is 2.06 bits per heavy atom. The van der Waals surface area contributed by atoms with E-state index in [1.165, 1.54) is 6.07 Å². The zero-order valence-corrected chi connectivity index (χ0v) is 18.6. The van der Waals surface area contributed by atoms with Crippen molar-refractivity contribution in [1.82, 2.24) is 9.55 Å². The van der Waals surface area contributed by atoms with E-state index in [1.807, 2.05) is 0 Å². The van der Waals surface area contributed by atoms with Crippen molar-refractivity contribution in [2.75, 3.05) is 6.61 Å². The molecule has 0 amide bonds. The van der Waals surface area contributed by atoms with Crippen LogP contribution < -0.4 is 15.8 Å². The molecule has 1 aromatic heterocycles.